The van der Waals surface area contributed by atoms with Crippen LogP contribution in [0.1, 0.15) is 22.9 Å². The molecule has 0 fully saturated rings. The number of rotatable bonds is 7. The minimum Gasteiger partial charge on any atom is -0.360 e. The van der Waals surface area contributed by atoms with E-state index in [1.807, 2.05) is 48.8 Å². The molecule has 6 heteroatoms. The topological polar surface area (TPSA) is 68.0 Å². The number of fused-ring (bicyclic) bond motifs is 6. The van der Waals surface area contributed by atoms with Gasteiger partial charge in [-0.3, -0.25) is 14.5 Å². The van der Waals surface area contributed by atoms with Crippen LogP contribution in [0.5, 0.6) is 0 Å². The summed E-state index contributed by atoms with van der Waals surface area (Å²) >= 11 is 0. The second-order valence-corrected chi connectivity index (χ2v) is 14.7. The van der Waals surface area contributed by atoms with Crippen LogP contribution in [-0.4, -0.2) is 25.2 Å². The average molecular weight is 757 g/mol. The van der Waals surface area contributed by atoms with Gasteiger partial charge in [0.05, 0.1) is 22.3 Å². The maximum absolute atomic E-state index is 5.34. The Morgan fingerprint density at radius 2 is 0.983 bits per heavy atom. The summed E-state index contributed by atoms with van der Waals surface area (Å²) in [6.45, 7) is 0. The van der Waals surface area contributed by atoms with Gasteiger partial charge >= 0.3 is 0 Å². The molecule has 11 rings (SSSR count). The van der Waals surface area contributed by atoms with Gasteiger partial charge in [-0.1, -0.05) is 164 Å². The van der Waals surface area contributed by atoms with E-state index < -0.39 is 0 Å². The predicted molar refractivity (Wildman–Crippen MR) is 241 cm³/mol. The number of aromatic nitrogens is 4. The van der Waals surface area contributed by atoms with E-state index in [0.29, 0.717) is 0 Å². The summed E-state index contributed by atoms with van der Waals surface area (Å²) in [5, 5.41) is 6.92. The Balaban J connectivity index is 0.938. The van der Waals surface area contributed by atoms with Gasteiger partial charge < -0.3 is 5.32 Å². The standard InChI is InChI=1S/C53H36N6/c1-3-12-35(13-4-1)36-20-26-39(27-21-36)46-34-47(57-52(56-46)41-14-5-2-6-15-41)40-28-22-37(23-29-40)38-24-30-42(31-25-38)53-58-50-45-18-11-33-55-49(45)43-16-7-8-17-44(43)51(50)59(53)48-19-9-10-32-54-48/h1-34,52,57H. The van der Waals surface area contributed by atoms with E-state index in [1.165, 1.54) is 11.1 Å². The zero-order valence-corrected chi connectivity index (χ0v) is 31.9. The van der Waals surface area contributed by atoms with Gasteiger partial charge in [0.1, 0.15) is 17.8 Å². The molecule has 0 bridgehead atoms. The molecule has 1 aliphatic rings. The third-order valence-corrected chi connectivity index (χ3v) is 11.2. The van der Waals surface area contributed by atoms with Gasteiger partial charge in [-0.25, -0.2) is 9.97 Å². The van der Waals surface area contributed by atoms with Crippen molar-refractivity contribution >= 4 is 44.1 Å². The fourth-order valence-electron chi connectivity index (χ4n) is 8.24. The molecule has 0 spiro atoms. The fraction of sp³-hybridized carbons (Fsp3) is 0.0189. The molecule has 1 aliphatic heterocycles. The van der Waals surface area contributed by atoms with E-state index in [1.54, 1.807) is 0 Å². The van der Waals surface area contributed by atoms with Gasteiger partial charge in [-0.05, 0) is 69.3 Å². The van der Waals surface area contributed by atoms with Crippen molar-refractivity contribution in [3.8, 4) is 39.5 Å². The van der Waals surface area contributed by atoms with Gasteiger partial charge in [0, 0.05) is 39.8 Å². The van der Waals surface area contributed by atoms with Gasteiger partial charge in [0.2, 0.25) is 0 Å². The molecule has 6 nitrogen and oxygen atoms in total. The summed E-state index contributed by atoms with van der Waals surface area (Å²) in [6, 6.07) is 65.6. The van der Waals surface area contributed by atoms with Crippen molar-refractivity contribution in [1.82, 2.24) is 24.8 Å². The molecule has 3 aromatic heterocycles. The van der Waals surface area contributed by atoms with Gasteiger partial charge in [-0.2, -0.15) is 0 Å². The molecular weight excluding hydrogens is 721 g/mol. The van der Waals surface area contributed by atoms with Crippen molar-refractivity contribution < 1.29 is 0 Å². The fourth-order valence-corrected chi connectivity index (χ4v) is 8.24. The van der Waals surface area contributed by atoms with Gasteiger partial charge in [0.15, 0.2) is 0 Å². The van der Waals surface area contributed by atoms with Crippen molar-refractivity contribution in [1.29, 1.82) is 0 Å². The van der Waals surface area contributed by atoms with Crippen LogP contribution in [0.4, 0.5) is 0 Å². The number of benzene rings is 7. The second kappa shape index (κ2) is 14.5. The van der Waals surface area contributed by atoms with Crippen molar-refractivity contribution in [2.75, 3.05) is 0 Å². The Bertz CT molecular complexity index is 3190. The molecule has 1 unspecified atom stereocenters. The molecule has 7 aromatic carbocycles. The second-order valence-electron chi connectivity index (χ2n) is 14.7. The highest BCUT2D eigenvalue weighted by molar-refractivity contribution is 6.23. The van der Waals surface area contributed by atoms with E-state index in [0.717, 1.165) is 89.1 Å². The molecule has 0 saturated carbocycles. The molecule has 1 N–H and O–H groups in total. The summed E-state index contributed by atoms with van der Waals surface area (Å²) in [6.07, 6.45) is 5.64. The molecule has 10 aromatic rings. The van der Waals surface area contributed by atoms with Gasteiger partial charge in [-0.15, -0.1) is 0 Å². The largest absolute Gasteiger partial charge is 0.360 e. The zero-order chi connectivity index (χ0) is 39.1. The first kappa shape index (κ1) is 34.3. The van der Waals surface area contributed by atoms with E-state index >= 15 is 0 Å². The maximum Gasteiger partial charge on any atom is 0.146 e. The Hall–Kier alpha value is -7.96. The molecule has 0 aliphatic carbocycles. The third-order valence-electron chi connectivity index (χ3n) is 11.2. The van der Waals surface area contributed by atoms with Crippen LogP contribution in [-0.2, 0) is 0 Å². The van der Waals surface area contributed by atoms with Crippen molar-refractivity contribution in [3.05, 3.63) is 223 Å². The SMILES string of the molecule is C1=C(c2ccc(-c3ccc(-c4nc5c6cccnc6c6ccccc6c5n4-c4ccccn4)cc3)cc2)NC(c2ccccc2)N=C1c1ccc(-c2ccccc2)cc1. The maximum atomic E-state index is 5.34. The number of imidazole rings is 1. The molecule has 59 heavy (non-hydrogen) atoms. The van der Waals surface area contributed by atoms with Crippen LogP contribution >= 0.6 is 0 Å². The quantitative estimate of drug-likeness (QED) is 0.164. The van der Waals surface area contributed by atoms with Crippen LogP contribution in [0, 0.1) is 0 Å². The lowest BCUT2D eigenvalue weighted by molar-refractivity contribution is 0.664. The number of hydrogen-bond acceptors (Lipinski definition) is 5. The summed E-state index contributed by atoms with van der Waals surface area (Å²) in [5.41, 5.74) is 13.8. The number of pyridine rings is 2. The van der Waals surface area contributed by atoms with Crippen LogP contribution in [0.2, 0.25) is 0 Å². The Labute approximate surface area is 341 Å². The molecular formula is C53H36N6. The monoisotopic (exact) mass is 756 g/mol. The first-order valence-corrected chi connectivity index (χ1v) is 19.8. The number of aliphatic imine (C=N–C) groups is 1. The highest BCUT2D eigenvalue weighted by Crippen LogP contribution is 2.38. The molecule has 278 valence electrons. The first-order chi connectivity index (χ1) is 29.2. The number of hydrogen-bond donors (Lipinski definition) is 1. The lowest BCUT2D eigenvalue weighted by Gasteiger charge is -2.25. The molecule has 0 amide bonds. The number of nitrogens with one attached hydrogen (secondary N) is 1. The van der Waals surface area contributed by atoms with Crippen LogP contribution in [0.25, 0.3) is 77.9 Å². The Morgan fingerprint density at radius 3 is 1.68 bits per heavy atom. The lowest BCUT2D eigenvalue weighted by atomic mass is 9.98. The highest BCUT2D eigenvalue weighted by atomic mass is 15.1. The molecule has 0 saturated heterocycles. The van der Waals surface area contributed by atoms with E-state index in [-0.39, 0.29) is 6.17 Å². The summed E-state index contributed by atoms with van der Waals surface area (Å²) in [5.74, 6) is 1.65. The van der Waals surface area contributed by atoms with Crippen LogP contribution in [0.15, 0.2) is 212 Å². The van der Waals surface area contributed by atoms with E-state index in [9.17, 15) is 0 Å². The molecule has 4 heterocycles. The lowest BCUT2D eigenvalue weighted by Crippen LogP contribution is -2.24. The van der Waals surface area contributed by atoms with Crippen molar-refractivity contribution in [2.45, 2.75) is 6.17 Å². The summed E-state index contributed by atoms with van der Waals surface area (Å²) < 4.78 is 2.19. The summed E-state index contributed by atoms with van der Waals surface area (Å²) in [4.78, 5) is 20.1. The minimum absolute atomic E-state index is 0.213. The average Bonchev–Trinajstić information content (AvgIpc) is 3.74. The van der Waals surface area contributed by atoms with Crippen molar-refractivity contribution in [3.63, 3.8) is 0 Å². The number of allylic oxidation sites excluding steroid dienone is 1. The number of nitrogens with zero attached hydrogens (tertiary/aromatic N) is 5. The normalized spacial score (nSPS) is 13.9. The minimum atomic E-state index is -0.213. The van der Waals surface area contributed by atoms with Crippen molar-refractivity contribution in [2.24, 2.45) is 4.99 Å². The van der Waals surface area contributed by atoms with E-state index in [4.69, 9.17) is 19.9 Å². The third kappa shape index (κ3) is 6.24. The Kier molecular flexibility index (Phi) is 8.44. The summed E-state index contributed by atoms with van der Waals surface area (Å²) in [7, 11) is 0. The highest BCUT2D eigenvalue weighted by Gasteiger charge is 2.22. The predicted octanol–water partition coefficient (Wildman–Crippen LogP) is 12.3. The Morgan fingerprint density at radius 1 is 0.424 bits per heavy atom. The van der Waals surface area contributed by atoms with Crippen LogP contribution in [0.3, 0.4) is 0 Å². The smallest absolute Gasteiger partial charge is 0.146 e. The molecule has 0 radical (unpaired) electrons. The zero-order valence-electron chi connectivity index (χ0n) is 31.9. The van der Waals surface area contributed by atoms with Crippen LogP contribution < -0.4 is 5.32 Å². The van der Waals surface area contributed by atoms with Gasteiger partial charge in [0.25, 0.3) is 0 Å². The first-order valence-electron chi connectivity index (χ1n) is 19.8. The van der Waals surface area contributed by atoms with E-state index in [2.05, 4.69) is 168 Å². The molecule has 1 atom stereocenters.